The average molecular weight is 351 g/mol. The van der Waals surface area contributed by atoms with Gasteiger partial charge in [-0.3, -0.25) is 0 Å². The van der Waals surface area contributed by atoms with Crippen molar-refractivity contribution in [1.29, 1.82) is 0 Å². The van der Waals surface area contributed by atoms with Crippen LogP contribution in [0, 0.1) is 0 Å². The zero-order valence-corrected chi connectivity index (χ0v) is 13.4. The zero-order chi connectivity index (χ0) is 18.3. The molecule has 134 valence electrons. The Morgan fingerprint density at radius 2 is 1.96 bits per heavy atom. The van der Waals surface area contributed by atoms with E-state index >= 15 is 0 Å². The lowest BCUT2D eigenvalue weighted by molar-refractivity contribution is -0.177. The van der Waals surface area contributed by atoms with Crippen LogP contribution in [-0.4, -0.2) is 57.2 Å². The molecule has 1 aromatic heterocycles. The number of nitrogens with zero attached hydrogens (tertiary/aromatic N) is 3. The standard InChI is InChI=1S/C13H15N3O3.C2H2O4/c1-17-12-4-2-3-11(7-12)13(18-5-6-19-13)8-16-10-14-9-15-16;3-1(4)2(5)6/h2-4,7,9-10H,5-6,8H2,1H3;(H,3,4)(H,5,6). The maximum Gasteiger partial charge on any atom is 0.414 e. The fraction of sp³-hybridized carbons (Fsp3) is 0.333. The molecule has 0 unspecified atom stereocenters. The molecule has 1 aromatic carbocycles. The molecule has 0 saturated carbocycles. The number of carboxylic acid groups (broad SMARTS) is 2. The van der Waals surface area contributed by atoms with Crippen molar-refractivity contribution in [2.45, 2.75) is 12.3 Å². The first-order valence-electron chi connectivity index (χ1n) is 7.18. The Kier molecular flexibility index (Phi) is 6.03. The third-order valence-corrected chi connectivity index (χ3v) is 3.28. The van der Waals surface area contributed by atoms with E-state index in [1.54, 1.807) is 18.1 Å². The molecule has 0 spiro atoms. The first kappa shape index (κ1) is 18.4. The molecule has 0 amide bonds. The number of methoxy groups -OCH3 is 1. The molecule has 25 heavy (non-hydrogen) atoms. The minimum atomic E-state index is -1.82. The number of benzene rings is 1. The number of aromatic nitrogens is 3. The Balaban J connectivity index is 0.000000326. The van der Waals surface area contributed by atoms with Gasteiger partial charge >= 0.3 is 11.9 Å². The second kappa shape index (κ2) is 8.22. The minimum Gasteiger partial charge on any atom is -0.497 e. The molecule has 10 nitrogen and oxygen atoms in total. The summed E-state index contributed by atoms with van der Waals surface area (Å²) in [7, 11) is 1.64. The van der Waals surface area contributed by atoms with Crippen molar-refractivity contribution in [3.05, 3.63) is 42.5 Å². The van der Waals surface area contributed by atoms with Gasteiger partial charge in [-0.05, 0) is 12.1 Å². The quantitative estimate of drug-likeness (QED) is 0.748. The van der Waals surface area contributed by atoms with E-state index < -0.39 is 17.7 Å². The molecule has 2 heterocycles. The summed E-state index contributed by atoms with van der Waals surface area (Å²) >= 11 is 0. The van der Waals surface area contributed by atoms with Crippen LogP contribution in [0.5, 0.6) is 5.75 Å². The summed E-state index contributed by atoms with van der Waals surface area (Å²) in [4.78, 5) is 22.1. The SMILES string of the molecule is COc1cccc(C2(Cn3cncn3)OCCO2)c1.O=C(O)C(=O)O. The zero-order valence-electron chi connectivity index (χ0n) is 13.4. The van der Waals surface area contributed by atoms with Crippen molar-refractivity contribution < 1.29 is 34.0 Å². The van der Waals surface area contributed by atoms with Gasteiger partial charge in [0, 0.05) is 5.56 Å². The molecule has 0 aliphatic carbocycles. The maximum absolute atomic E-state index is 9.10. The molecular formula is C15H17N3O7. The summed E-state index contributed by atoms with van der Waals surface area (Å²) in [5.74, 6) is -3.69. The number of carbonyl (C=O) groups is 2. The molecule has 1 aliphatic heterocycles. The minimum absolute atomic E-state index is 0.458. The van der Waals surface area contributed by atoms with E-state index in [-0.39, 0.29) is 0 Å². The molecule has 0 bridgehead atoms. The molecule has 0 radical (unpaired) electrons. The number of hydrogen-bond acceptors (Lipinski definition) is 7. The third kappa shape index (κ3) is 4.75. The van der Waals surface area contributed by atoms with Gasteiger partial charge in [-0.1, -0.05) is 12.1 Å². The molecule has 0 atom stereocenters. The van der Waals surface area contributed by atoms with Gasteiger partial charge in [0.15, 0.2) is 0 Å². The van der Waals surface area contributed by atoms with Gasteiger partial charge in [-0.15, -0.1) is 0 Å². The second-order valence-corrected chi connectivity index (χ2v) is 4.89. The van der Waals surface area contributed by atoms with Gasteiger partial charge in [0.2, 0.25) is 5.79 Å². The first-order chi connectivity index (χ1) is 12.0. The lowest BCUT2D eigenvalue weighted by atomic mass is 10.1. The van der Waals surface area contributed by atoms with Crippen LogP contribution in [0.1, 0.15) is 5.56 Å². The third-order valence-electron chi connectivity index (χ3n) is 3.28. The molecule has 1 aliphatic rings. The van der Waals surface area contributed by atoms with Crippen molar-refractivity contribution in [2.75, 3.05) is 20.3 Å². The van der Waals surface area contributed by atoms with Crippen LogP contribution in [0.25, 0.3) is 0 Å². The van der Waals surface area contributed by atoms with Crippen LogP contribution in [0.3, 0.4) is 0 Å². The Labute approximate surface area is 142 Å². The largest absolute Gasteiger partial charge is 0.497 e. The van der Waals surface area contributed by atoms with Crippen molar-refractivity contribution in [2.24, 2.45) is 0 Å². The highest BCUT2D eigenvalue weighted by Gasteiger charge is 2.39. The topological polar surface area (TPSA) is 133 Å². The highest BCUT2D eigenvalue weighted by atomic mass is 16.7. The van der Waals surface area contributed by atoms with Crippen molar-refractivity contribution in [1.82, 2.24) is 14.8 Å². The Bertz CT molecular complexity index is 700. The Morgan fingerprint density at radius 3 is 2.48 bits per heavy atom. The van der Waals surface area contributed by atoms with Crippen LogP contribution < -0.4 is 4.74 Å². The highest BCUT2D eigenvalue weighted by Crippen LogP contribution is 2.34. The van der Waals surface area contributed by atoms with E-state index in [2.05, 4.69) is 10.1 Å². The molecule has 3 rings (SSSR count). The van der Waals surface area contributed by atoms with E-state index in [9.17, 15) is 0 Å². The van der Waals surface area contributed by atoms with Crippen LogP contribution >= 0.6 is 0 Å². The van der Waals surface area contributed by atoms with E-state index in [4.69, 9.17) is 34.0 Å². The van der Waals surface area contributed by atoms with Gasteiger partial charge < -0.3 is 24.4 Å². The molecule has 2 aromatic rings. The fourth-order valence-corrected chi connectivity index (χ4v) is 2.19. The van der Waals surface area contributed by atoms with E-state index in [1.807, 2.05) is 24.3 Å². The molecule has 10 heteroatoms. The molecular weight excluding hydrogens is 334 g/mol. The smallest absolute Gasteiger partial charge is 0.414 e. The van der Waals surface area contributed by atoms with Crippen LogP contribution in [0.15, 0.2) is 36.9 Å². The first-order valence-corrected chi connectivity index (χ1v) is 7.18. The summed E-state index contributed by atoms with van der Waals surface area (Å²) in [6.07, 6.45) is 3.14. The predicted molar refractivity (Wildman–Crippen MR) is 81.9 cm³/mol. The van der Waals surface area contributed by atoms with Crippen molar-refractivity contribution in [3.63, 3.8) is 0 Å². The second-order valence-electron chi connectivity index (χ2n) is 4.89. The predicted octanol–water partition coefficient (Wildman–Crippen LogP) is 0.342. The average Bonchev–Trinajstić information content (AvgIpc) is 3.28. The van der Waals surface area contributed by atoms with E-state index in [1.165, 1.54) is 6.33 Å². The van der Waals surface area contributed by atoms with Crippen LogP contribution in [0.2, 0.25) is 0 Å². The van der Waals surface area contributed by atoms with Crippen LogP contribution in [0.4, 0.5) is 0 Å². The summed E-state index contributed by atoms with van der Waals surface area (Å²) in [5.41, 5.74) is 0.917. The van der Waals surface area contributed by atoms with E-state index in [0.29, 0.717) is 19.8 Å². The van der Waals surface area contributed by atoms with Gasteiger partial charge in [0.1, 0.15) is 24.9 Å². The molecule has 2 N–H and O–H groups in total. The number of hydrogen-bond donors (Lipinski definition) is 2. The van der Waals surface area contributed by atoms with Crippen molar-refractivity contribution in [3.8, 4) is 5.75 Å². The molecule has 1 saturated heterocycles. The van der Waals surface area contributed by atoms with Gasteiger partial charge in [-0.25, -0.2) is 19.3 Å². The van der Waals surface area contributed by atoms with Crippen LogP contribution in [-0.2, 0) is 31.4 Å². The Morgan fingerprint density at radius 1 is 1.28 bits per heavy atom. The van der Waals surface area contributed by atoms with Gasteiger partial charge in [-0.2, -0.15) is 5.10 Å². The van der Waals surface area contributed by atoms with Gasteiger partial charge in [0.05, 0.1) is 20.3 Å². The summed E-state index contributed by atoms with van der Waals surface area (Å²) in [6, 6.07) is 7.69. The number of aliphatic carboxylic acids is 2. The monoisotopic (exact) mass is 351 g/mol. The van der Waals surface area contributed by atoms with Gasteiger partial charge in [0.25, 0.3) is 0 Å². The lowest BCUT2D eigenvalue weighted by Crippen LogP contribution is -2.33. The fourth-order valence-electron chi connectivity index (χ4n) is 2.19. The molecule has 1 fully saturated rings. The summed E-state index contributed by atoms with van der Waals surface area (Å²) in [5, 5.41) is 18.9. The highest BCUT2D eigenvalue weighted by molar-refractivity contribution is 6.27. The Hall–Kier alpha value is -2.98. The lowest BCUT2D eigenvalue weighted by Gasteiger charge is -2.27. The summed E-state index contributed by atoms with van der Waals surface area (Å²) < 4.78 is 18.6. The summed E-state index contributed by atoms with van der Waals surface area (Å²) in [6.45, 7) is 1.58. The maximum atomic E-state index is 9.10. The normalized spacial score (nSPS) is 15.1. The number of rotatable bonds is 4. The number of carboxylic acids is 2. The van der Waals surface area contributed by atoms with Crippen molar-refractivity contribution >= 4 is 11.9 Å². The number of ether oxygens (including phenoxy) is 3. The van der Waals surface area contributed by atoms with E-state index in [0.717, 1.165) is 11.3 Å².